The maximum Gasteiger partial charge on any atom is 0.188 e. The molecule has 0 aliphatic heterocycles. The molecule has 146 valence electrons. The number of nitrogen functional groups attached to an aromatic ring is 1. The average molecular weight is 481 g/mol. The van der Waals surface area contributed by atoms with Crippen LogP contribution >= 0.6 is 24.0 Å². The molecule has 0 aliphatic rings. The number of hydrogen-bond donors (Lipinski definition) is 3. The number of guanidine groups is 1. The van der Waals surface area contributed by atoms with E-state index in [9.17, 15) is 5.26 Å². The van der Waals surface area contributed by atoms with Crippen LogP contribution in [0.15, 0.2) is 29.3 Å². The predicted molar refractivity (Wildman–Crippen MR) is 121 cm³/mol. The SMILES string of the molecule is Cc1ccc(-n2nc(CCCN=C(N)NC(C)(C)C)c(C#N)c2N)cc1.I. The normalized spacial score (nSPS) is 11.6. The summed E-state index contributed by atoms with van der Waals surface area (Å²) in [4.78, 5) is 4.31. The number of aliphatic imine (C=N–C) groups is 1. The van der Waals surface area contributed by atoms with Crippen molar-refractivity contribution in [1.29, 1.82) is 5.26 Å². The Morgan fingerprint density at radius 1 is 1.30 bits per heavy atom. The fourth-order valence-electron chi connectivity index (χ4n) is 2.53. The van der Waals surface area contributed by atoms with Crippen LogP contribution in [0.4, 0.5) is 5.82 Å². The van der Waals surface area contributed by atoms with Gasteiger partial charge in [-0.2, -0.15) is 10.4 Å². The van der Waals surface area contributed by atoms with E-state index in [0.717, 1.165) is 17.7 Å². The molecule has 1 aromatic heterocycles. The fraction of sp³-hybridized carbons (Fsp3) is 0.421. The van der Waals surface area contributed by atoms with Crippen molar-refractivity contribution in [1.82, 2.24) is 15.1 Å². The number of nitrogens with zero attached hydrogens (tertiary/aromatic N) is 4. The van der Waals surface area contributed by atoms with Crippen LogP contribution in [-0.4, -0.2) is 27.8 Å². The Kier molecular flexibility index (Phi) is 8.09. The molecule has 0 fully saturated rings. The largest absolute Gasteiger partial charge is 0.382 e. The lowest BCUT2D eigenvalue weighted by Gasteiger charge is -2.20. The van der Waals surface area contributed by atoms with Crippen molar-refractivity contribution in [2.75, 3.05) is 12.3 Å². The number of anilines is 1. The van der Waals surface area contributed by atoms with Gasteiger partial charge < -0.3 is 16.8 Å². The molecule has 0 bridgehead atoms. The van der Waals surface area contributed by atoms with Crippen LogP contribution in [0.1, 0.15) is 44.0 Å². The topological polar surface area (TPSA) is 118 Å². The molecular weight excluding hydrogens is 453 g/mol. The minimum atomic E-state index is -0.122. The zero-order valence-corrected chi connectivity index (χ0v) is 18.6. The van der Waals surface area contributed by atoms with Crippen molar-refractivity contribution in [3.8, 4) is 11.8 Å². The third-order valence-corrected chi connectivity index (χ3v) is 3.74. The first-order chi connectivity index (χ1) is 12.2. The molecule has 2 aromatic rings. The zero-order valence-electron chi connectivity index (χ0n) is 16.3. The molecule has 1 aromatic carbocycles. The maximum atomic E-state index is 9.44. The molecule has 0 saturated carbocycles. The monoisotopic (exact) mass is 481 g/mol. The first kappa shape index (κ1) is 22.8. The molecule has 7 nitrogen and oxygen atoms in total. The number of hydrogen-bond acceptors (Lipinski definition) is 4. The van der Waals surface area contributed by atoms with Gasteiger partial charge in [0, 0.05) is 12.1 Å². The Morgan fingerprint density at radius 3 is 2.48 bits per heavy atom. The van der Waals surface area contributed by atoms with Crippen LogP contribution in [-0.2, 0) is 6.42 Å². The van der Waals surface area contributed by atoms with E-state index in [1.54, 1.807) is 4.68 Å². The highest BCUT2D eigenvalue weighted by molar-refractivity contribution is 14.0. The highest BCUT2D eigenvalue weighted by Gasteiger charge is 2.16. The van der Waals surface area contributed by atoms with E-state index in [1.807, 2.05) is 52.0 Å². The third kappa shape index (κ3) is 6.43. The summed E-state index contributed by atoms with van der Waals surface area (Å²) in [5.41, 5.74) is 15.0. The van der Waals surface area contributed by atoms with Gasteiger partial charge in [-0.3, -0.25) is 4.99 Å². The summed E-state index contributed by atoms with van der Waals surface area (Å²) < 4.78 is 1.62. The van der Waals surface area contributed by atoms with Crippen molar-refractivity contribution in [2.24, 2.45) is 10.7 Å². The molecular formula is C19H28IN7. The summed E-state index contributed by atoms with van der Waals surface area (Å²) >= 11 is 0. The summed E-state index contributed by atoms with van der Waals surface area (Å²) in [5.74, 6) is 0.784. The van der Waals surface area contributed by atoms with Crippen molar-refractivity contribution in [2.45, 2.75) is 46.1 Å². The van der Waals surface area contributed by atoms with Gasteiger partial charge in [-0.05, 0) is 52.7 Å². The van der Waals surface area contributed by atoms with Crippen LogP contribution < -0.4 is 16.8 Å². The minimum Gasteiger partial charge on any atom is -0.382 e. The second kappa shape index (κ2) is 9.60. The quantitative estimate of drug-likeness (QED) is 0.263. The smallest absolute Gasteiger partial charge is 0.188 e. The van der Waals surface area contributed by atoms with Crippen molar-refractivity contribution >= 4 is 35.8 Å². The standard InChI is InChI=1S/C19H27N7.HI/c1-13-7-9-14(10-8-13)26-17(21)15(12-20)16(25-26)6-5-11-23-18(22)24-19(2,3)4;/h7-10H,5-6,11,21H2,1-4H3,(H3,22,23,24);1H. The van der Waals surface area contributed by atoms with E-state index in [-0.39, 0.29) is 29.5 Å². The van der Waals surface area contributed by atoms with Gasteiger partial charge in [0.15, 0.2) is 5.96 Å². The van der Waals surface area contributed by atoms with Gasteiger partial charge in [0.1, 0.15) is 17.5 Å². The Bertz CT molecular complexity index is 823. The molecule has 8 heteroatoms. The Morgan fingerprint density at radius 2 is 1.93 bits per heavy atom. The lowest BCUT2D eigenvalue weighted by molar-refractivity contribution is 0.508. The molecule has 5 N–H and O–H groups in total. The van der Waals surface area contributed by atoms with Gasteiger partial charge in [-0.15, -0.1) is 24.0 Å². The summed E-state index contributed by atoms with van der Waals surface area (Å²) in [7, 11) is 0. The molecule has 0 atom stereocenters. The van der Waals surface area contributed by atoms with Crippen LogP contribution in [0, 0.1) is 18.3 Å². The van der Waals surface area contributed by atoms with Gasteiger partial charge in [-0.25, -0.2) is 4.68 Å². The van der Waals surface area contributed by atoms with Crippen molar-refractivity contribution in [3.63, 3.8) is 0 Å². The molecule has 0 unspecified atom stereocenters. The number of aromatic nitrogens is 2. The number of rotatable bonds is 5. The van der Waals surface area contributed by atoms with E-state index in [1.165, 1.54) is 0 Å². The molecule has 2 rings (SSSR count). The first-order valence-corrected chi connectivity index (χ1v) is 8.64. The average Bonchev–Trinajstić information content (AvgIpc) is 2.86. The van der Waals surface area contributed by atoms with Gasteiger partial charge in [-0.1, -0.05) is 17.7 Å². The summed E-state index contributed by atoms with van der Waals surface area (Å²) in [6.45, 7) is 8.64. The van der Waals surface area contributed by atoms with E-state index in [2.05, 4.69) is 21.5 Å². The van der Waals surface area contributed by atoms with Crippen LogP contribution in [0.2, 0.25) is 0 Å². The molecule has 0 saturated heterocycles. The first-order valence-electron chi connectivity index (χ1n) is 8.64. The summed E-state index contributed by atoms with van der Waals surface area (Å²) in [6.07, 6.45) is 1.34. The molecule has 0 aliphatic carbocycles. The van der Waals surface area contributed by atoms with Gasteiger partial charge >= 0.3 is 0 Å². The van der Waals surface area contributed by atoms with Gasteiger partial charge in [0.05, 0.1) is 11.4 Å². The van der Waals surface area contributed by atoms with E-state index in [0.29, 0.717) is 36.0 Å². The number of nitriles is 1. The maximum absolute atomic E-state index is 9.44. The van der Waals surface area contributed by atoms with Crippen LogP contribution in [0.25, 0.3) is 5.69 Å². The lowest BCUT2D eigenvalue weighted by atomic mass is 10.1. The number of nitrogens with two attached hydrogens (primary N) is 2. The Balaban J connectivity index is 0.00000364. The number of nitrogens with one attached hydrogen (secondary N) is 1. The fourth-order valence-corrected chi connectivity index (χ4v) is 2.53. The Labute approximate surface area is 177 Å². The molecule has 27 heavy (non-hydrogen) atoms. The third-order valence-electron chi connectivity index (χ3n) is 3.74. The summed E-state index contributed by atoms with van der Waals surface area (Å²) in [6, 6.07) is 10.0. The highest BCUT2D eigenvalue weighted by atomic mass is 127. The van der Waals surface area contributed by atoms with E-state index >= 15 is 0 Å². The predicted octanol–water partition coefficient (Wildman–Crippen LogP) is 2.89. The van der Waals surface area contributed by atoms with Crippen molar-refractivity contribution < 1.29 is 0 Å². The number of halogens is 1. The van der Waals surface area contributed by atoms with E-state index in [4.69, 9.17) is 11.5 Å². The molecule has 0 spiro atoms. The number of benzene rings is 1. The second-order valence-corrected chi connectivity index (χ2v) is 7.31. The highest BCUT2D eigenvalue weighted by Crippen LogP contribution is 2.21. The van der Waals surface area contributed by atoms with Gasteiger partial charge in [0.2, 0.25) is 0 Å². The van der Waals surface area contributed by atoms with E-state index < -0.39 is 0 Å². The minimum absolute atomic E-state index is 0. The number of aryl methyl sites for hydroxylation is 2. The second-order valence-electron chi connectivity index (χ2n) is 7.31. The van der Waals surface area contributed by atoms with Crippen LogP contribution in [0.5, 0.6) is 0 Å². The van der Waals surface area contributed by atoms with Crippen molar-refractivity contribution in [3.05, 3.63) is 41.1 Å². The lowest BCUT2D eigenvalue weighted by Crippen LogP contribution is -2.45. The van der Waals surface area contributed by atoms with Crippen LogP contribution in [0.3, 0.4) is 0 Å². The zero-order chi connectivity index (χ0) is 19.3. The summed E-state index contributed by atoms with van der Waals surface area (Å²) in [5, 5.41) is 17.1. The van der Waals surface area contributed by atoms with Gasteiger partial charge in [0.25, 0.3) is 0 Å². The molecule has 0 amide bonds. The molecule has 0 radical (unpaired) electrons. The molecule has 1 heterocycles. The Hall–Kier alpha value is -2.28.